The average Bonchev–Trinajstić information content (AvgIpc) is 2.72. The molecule has 0 saturated heterocycles. The van der Waals surface area contributed by atoms with E-state index in [0.29, 0.717) is 0 Å². The molecule has 0 saturated carbocycles. The monoisotopic (exact) mass is 204 g/mol. The first-order valence-corrected chi connectivity index (χ1v) is 4.81. The highest BCUT2D eigenvalue weighted by atomic mass is 16.5. The Morgan fingerprint density at radius 2 is 2.40 bits per heavy atom. The van der Waals surface area contributed by atoms with Crippen LogP contribution in [0.3, 0.4) is 0 Å². The summed E-state index contributed by atoms with van der Waals surface area (Å²) < 4.78 is 9.90. The molecular weight excluding hydrogens is 192 g/mol. The lowest BCUT2D eigenvalue weighted by Crippen LogP contribution is -1.93. The molecule has 15 heavy (non-hydrogen) atoms. The molecule has 2 rings (SSSR count). The predicted molar refractivity (Wildman–Crippen MR) is 56.7 cm³/mol. The fourth-order valence-corrected chi connectivity index (χ4v) is 1.54. The van der Waals surface area contributed by atoms with Gasteiger partial charge in [-0.25, -0.2) is 4.79 Å². The zero-order valence-corrected chi connectivity index (χ0v) is 8.53. The Labute approximate surface area is 88.3 Å². The highest BCUT2D eigenvalue weighted by Crippen LogP contribution is 2.26. The highest BCUT2D eigenvalue weighted by Gasteiger charge is 2.10. The largest absolute Gasteiger partial charge is 0.493 e. The molecule has 1 aliphatic heterocycles. The van der Waals surface area contributed by atoms with E-state index in [1.165, 1.54) is 18.7 Å². The molecule has 0 radical (unpaired) electrons. The Hall–Kier alpha value is -1.77. The maximum atomic E-state index is 10.9. The topological polar surface area (TPSA) is 35.5 Å². The van der Waals surface area contributed by atoms with E-state index in [0.717, 1.165) is 24.3 Å². The van der Waals surface area contributed by atoms with E-state index in [-0.39, 0.29) is 5.97 Å². The van der Waals surface area contributed by atoms with Gasteiger partial charge in [0.05, 0.1) is 13.7 Å². The van der Waals surface area contributed by atoms with E-state index < -0.39 is 0 Å². The van der Waals surface area contributed by atoms with E-state index in [1.54, 1.807) is 6.08 Å². The third-order valence-corrected chi connectivity index (χ3v) is 2.33. The quantitative estimate of drug-likeness (QED) is 0.544. The number of benzene rings is 1. The zero-order valence-electron chi connectivity index (χ0n) is 8.53. The fraction of sp³-hybridized carbons (Fsp3) is 0.250. The molecule has 0 unspecified atom stereocenters. The van der Waals surface area contributed by atoms with E-state index in [2.05, 4.69) is 4.74 Å². The number of carbonyl (C=O) groups is 1. The van der Waals surface area contributed by atoms with Crippen molar-refractivity contribution in [1.29, 1.82) is 0 Å². The van der Waals surface area contributed by atoms with Crippen LogP contribution in [0.5, 0.6) is 5.75 Å². The summed E-state index contributed by atoms with van der Waals surface area (Å²) in [6.45, 7) is 0.750. The average molecular weight is 204 g/mol. The van der Waals surface area contributed by atoms with Crippen molar-refractivity contribution in [2.75, 3.05) is 13.7 Å². The lowest BCUT2D eigenvalue weighted by atomic mass is 10.1. The minimum Gasteiger partial charge on any atom is -0.493 e. The number of carbonyl (C=O) groups excluding carboxylic acids is 1. The summed E-state index contributed by atoms with van der Waals surface area (Å²) in [5, 5.41) is 0. The van der Waals surface area contributed by atoms with Crippen LogP contribution in [-0.4, -0.2) is 19.7 Å². The molecule has 78 valence electrons. The van der Waals surface area contributed by atoms with Crippen LogP contribution >= 0.6 is 0 Å². The third-order valence-electron chi connectivity index (χ3n) is 2.33. The predicted octanol–water partition coefficient (Wildman–Crippen LogP) is 1.81. The molecule has 0 aliphatic carbocycles. The number of esters is 1. The number of methoxy groups -OCH3 is 1. The minimum absolute atomic E-state index is 0.341. The van der Waals surface area contributed by atoms with Gasteiger partial charge in [0.1, 0.15) is 5.75 Å². The van der Waals surface area contributed by atoms with Gasteiger partial charge in [0, 0.05) is 12.5 Å². The van der Waals surface area contributed by atoms with Crippen molar-refractivity contribution in [2.24, 2.45) is 0 Å². The van der Waals surface area contributed by atoms with Gasteiger partial charge in [-0.2, -0.15) is 0 Å². The van der Waals surface area contributed by atoms with Crippen molar-refractivity contribution in [2.45, 2.75) is 6.42 Å². The standard InChI is InChI=1S/C12H12O3/c1-14-12(13)5-3-9-2-4-11-10(8-9)6-7-15-11/h2-5,8H,6-7H2,1H3. The van der Waals surface area contributed by atoms with Crippen molar-refractivity contribution in [1.82, 2.24) is 0 Å². The first kappa shape index (κ1) is 9.77. The summed E-state index contributed by atoms with van der Waals surface area (Å²) in [5.41, 5.74) is 2.19. The molecule has 0 amide bonds. The second kappa shape index (κ2) is 4.17. The van der Waals surface area contributed by atoms with E-state index in [4.69, 9.17) is 4.74 Å². The maximum Gasteiger partial charge on any atom is 0.330 e. The molecule has 0 aromatic heterocycles. The normalized spacial score (nSPS) is 13.7. The molecular formula is C12H12O3. The van der Waals surface area contributed by atoms with Crippen LogP contribution in [0.4, 0.5) is 0 Å². The van der Waals surface area contributed by atoms with E-state index in [1.807, 2.05) is 18.2 Å². The number of ether oxygens (including phenoxy) is 2. The van der Waals surface area contributed by atoms with Gasteiger partial charge in [0.15, 0.2) is 0 Å². The zero-order chi connectivity index (χ0) is 10.7. The van der Waals surface area contributed by atoms with Crippen molar-refractivity contribution >= 4 is 12.0 Å². The molecule has 0 N–H and O–H groups in total. The Bertz CT molecular complexity index is 407. The smallest absolute Gasteiger partial charge is 0.330 e. The molecule has 1 aromatic rings. The van der Waals surface area contributed by atoms with Crippen molar-refractivity contribution in [3.8, 4) is 5.75 Å². The van der Waals surface area contributed by atoms with Crippen molar-refractivity contribution in [3.63, 3.8) is 0 Å². The highest BCUT2D eigenvalue weighted by molar-refractivity contribution is 5.87. The van der Waals surface area contributed by atoms with E-state index >= 15 is 0 Å². The summed E-state index contributed by atoms with van der Waals surface area (Å²) in [4.78, 5) is 10.9. The Balaban J connectivity index is 2.16. The fourth-order valence-electron chi connectivity index (χ4n) is 1.54. The molecule has 1 aromatic carbocycles. The summed E-state index contributed by atoms with van der Waals surface area (Å²) in [6.07, 6.45) is 4.09. The summed E-state index contributed by atoms with van der Waals surface area (Å²) in [7, 11) is 1.36. The Morgan fingerprint density at radius 1 is 1.53 bits per heavy atom. The maximum absolute atomic E-state index is 10.9. The van der Waals surface area contributed by atoms with Gasteiger partial charge in [-0.15, -0.1) is 0 Å². The molecule has 3 heteroatoms. The second-order valence-corrected chi connectivity index (χ2v) is 3.32. The first-order chi connectivity index (χ1) is 7.29. The third kappa shape index (κ3) is 2.18. The number of hydrogen-bond acceptors (Lipinski definition) is 3. The number of fused-ring (bicyclic) bond motifs is 1. The summed E-state index contributed by atoms with van der Waals surface area (Å²) >= 11 is 0. The number of rotatable bonds is 2. The van der Waals surface area contributed by atoms with Gasteiger partial charge < -0.3 is 9.47 Å². The first-order valence-electron chi connectivity index (χ1n) is 4.81. The summed E-state index contributed by atoms with van der Waals surface area (Å²) in [6, 6.07) is 5.88. The molecule has 1 heterocycles. The second-order valence-electron chi connectivity index (χ2n) is 3.32. The van der Waals surface area contributed by atoms with Crippen LogP contribution < -0.4 is 4.74 Å². The van der Waals surface area contributed by atoms with Gasteiger partial charge in [0.25, 0.3) is 0 Å². The molecule has 1 aliphatic rings. The Kier molecular flexibility index (Phi) is 2.72. The minimum atomic E-state index is -0.341. The SMILES string of the molecule is COC(=O)C=Cc1ccc2c(c1)CCO2. The van der Waals surface area contributed by atoms with Crippen LogP contribution in [0, 0.1) is 0 Å². The molecule has 0 bridgehead atoms. The molecule has 3 nitrogen and oxygen atoms in total. The number of hydrogen-bond donors (Lipinski definition) is 0. The van der Waals surface area contributed by atoms with Gasteiger partial charge in [-0.1, -0.05) is 6.07 Å². The van der Waals surface area contributed by atoms with Crippen LogP contribution in [-0.2, 0) is 16.0 Å². The molecule has 0 atom stereocenters. The van der Waals surface area contributed by atoms with Crippen LogP contribution in [0.15, 0.2) is 24.3 Å². The lowest BCUT2D eigenvalue weighted by Gasteiger charge is -1.99. The van der Waals surface area contributed by atoms with Crippen LogP contribution in [0.1, 0.15) is 11.1 Å². The molecule has 0 spiro atoms. The van der Waals surface area contributed by atoms with Gasteiger partial charge >= 0.3 is 5.97 Å². The van der Waals surface area contributed by atoms with Gasteiger partial charge in [-0.05, 0) is 29.3 Å². The van der Waals surface area contributed by atoms with Crippen molar-refractivity contribution < 1.29 is 14.3 Å². The Morgan fingerprint density at radius 3 is 3.20 bits per heavy atom. The summed E-state index contributed by atoms with van der Waals surface area (Å²) in [5.74, 6) is 0.608. The van der Waals surface area contributed by atoms with Gasteiger partial charge in [0.2, 0.25) is 0 Å². The van der Waals surface area contributed by atoms with Gasteiger partial charge in [-0.3, -0.25) is 0 Å². The molecule has 0 fully saturated rings. The van der Waals surface area contributed by atoms with E-state index in [9.17, 15) is 4.79 Å². The van der Waals surface area contributed by atoms with Crippen LogP contribution in [0.2, 0.25) is 0 Å². The lowest BCUT2D eigenvalue weighted by molar-refractivity contribution is -0.134. The van der Waals surface area contributed by atoms with Crippen molar-refractivity contribution in [3.05, 3.63) is 35.4 Å². The van der Waals surface area contributed by atoms with Crippen LogP contribution in [0.25, 0.3) is 6.08 Å².